The topological polar surface area (TPSA) is 81.9 Å². The van der Waals surface area contributed by atoms with Crippen molar-refractivity contribution in [2.24, 2.45) is 5.92 Å². The van der Waals surface area contributed by atoms with Crippen molar-refractivity contribution in [3.63, 3.8) is 0 Å². The summed E-state index contributed by atoms with van der Waals surface area (Å²) in [6, 6.07) is 2.50. The van der Waals surface area contributed by atoms with E-state index in [1.807, 2.05) is 32.4 Å². The van der Waals surface area contributed by atoms with E-state index in [9.17, 15) is 4.79 Å². The Morgan fingerprint density at radius 2 is 2.22 bits per heavy atom. The van der Waals surface area contributed by atoms with Gasteiger partial charge in [0, 0.05) is 31.1 Å². The molecule has 1 unspecified atom stereocenters. The van der Waals surface area contributed by atoms with Gasteiger partial charge in [-0.25, -0.2) is 15.0 Å². The van der Waals surface area contributed by atoms with Crippen LogP contribution < -0.4 is 10.1 Å². The number of rotatable bonds is 5. The first-order valence-corrected chi connectivity index (χ1v) is 10.1. The first kappa shape index (κ1) is 16.7. The molecule has 0 spiro atoms. The fourth-order valence-corrected chi connectivity index (χ4v) is 4.31. The van der Waals surface area contributed by atoms with Gasteiger partial charge < -0.3 is 14.6 Å². The second-order valence-corrected chi connectivity index (χ2v) is 8.63. The number of carbonyl (C=O) groups excluding carboxylic acids is 1. The number of nitrogens with one attached hydrogen (secondary N) is 1. The summed E-state index contributed by atoms with van der Waals surface area (Å²) < 4.78 is 8.51. The number of fused-ring (bicyclic) bond motifs is 1. The van der Waals surface area contributed by atoms with Crippen LogP contribution in [0.5, 0.6) is 5.88 Å². The van der Waals surface area contributed by atoms with Gasteiger partial charge in [-0.2, -0.15) is 0 Å². The van der Waals surface area contributed by atoms with Crippen LogP contribution in [0, 0.1) is 12.8 Å². The van der Waals surface area contributed by atoms with Crippen molar-refractivity contribution in [1.82, 2.24) is 24.8 Å². The first-order valence-electron chi connectivity index (χ1n) is 9.32. The molecule has 1 saturated heterocycles. The van der Waals surface area contributed by atoms with E-state index in [2.05, 4.69) is 19.9 Å². The average Bonchev–Trinajstić information content (AvgIpc) is 3.04. The highest BCUT2D eigenvalue weighted by Gasteiger charge is 2.31. The van der Waals surface area contributed by atoms with Crippen molar-refractivity contribution in [3.8, 4) is 16.5 Å². The molecule has 2 fully saturated rings. The third-order valence-electron chi connectivity index (χ3n) is 5.30. The Hall–Kier alpha value is -2.48. The molecule has 5 rings (SSSR count). The number of ether oxygens (including phenoxy) is 1. The number of hydrogen-bond donors (Lipinski definition) is 1. The van der Waals surface area contributed by atoms with Gasteiger partial charge in [0.25, 0.3) is 0 Å². The predicted molar refractivity (Wildman–Crippen MR) is 103 cm³/mol. The van der Waals surface area contributed by atoms with E-state index in [1.165, 1.54) is 0 Å². The number of amides is 1. The van der Waals surface area contributed by atoms with E-state index in [1.54, 1.807) is 11.3 Å². The molecule has 2 atom stereocenters. The molecular weight excluding hydrogens is 362 g/mol. The van der Waals surface area contributed by atoms with Crippen LogP contribution in [0.3, 0.4) is 0 Å². The third-order valence-corrected chi connectivity index (χ3v) is 6.24. The molecule has 8 heteroatoms. The summed E-state index contributed by atoms with van der Waals surface area (Å²) in [4.78, 5) is 26.4. The monoisotopic (exact) mass is 383 g/mol. The fraction of sp³-hybridized carbons (Fsp3) is 0.474. The number of aryl methyl sites for hydroxylation is 1. The Morgan fingerprint density at radius 3 is 2.89 bits per heavy atom. The van der Waals surface area contributed by atoms with Crippen LogP contribution >= 0.6 is 11.3 Å². The van der Waals surface area contributed by atoms with Gasteiger partial charge in [-0.05, 0) is 32.8 Å². The highest BCUT2D eigenvalue weighted by atomic mass is 32.1. The minimum absolute atomic E-state index is 0.0884. The molecular formula is C19H21N5O2S. The van der Waals surface area contributed by atoms with E-state index < -0.39 is 0 Å². The normalized spacial score (nSPS) is 20.8. The van der Waals surface area contributed by atoms with Crippen molar-refractivity contribution < 1.29 is 9.53 Å². The van der Waals surface area contributed by atoms with E-state index in [0.717, 1.165) is 39.5 Å². The van der Waals surface area contributed by atoms with E-state index in [0.29, 0.717) is 24.9 Å². The van der Waals surface area contributed by atoms with Crippen LogP contribution in [0.25, 0.3) is 21.6 Å². The second kappa shape index (κ2) is 6.30. The third kappa shape index (κ3) is 3.07. The van der Waals surface area contributed by atoms with Gasteiger partial charge in [0.2, 0.25) is 11.8 Å². The lowest BCUT2D eigenvalue weighted by atomic mass is 10.0. The molecule has 140 valence electrons. The summed E-state index contributed by atoms with van der Waals surface area (Å²) in [5.41, 5.74) is 2.67. The van der Waals surface area contributed by atoms with Crippen LogP contribution in [0.1, 0.15) is 37.2 Å². The molecule has 0 radical (unpaired) electrons. The van der Waals surface area contributed by atoms with Crippen molar-refractivity contribution in [2.75, 3.05) is 6.54 Å². The summed E-state index contributed by atoms with van der Waals surface area (Å²) in [6.45, 7) is 4.65. The van der Waals surface area contributed by atoms with Gasteiger partial charge in [-0.15, -0.1) is 11.3 Å². The predicted octanol–water partition coefficient (Wildman–Crippen LogP) is 3.10. The summed E-state index contributed by atoms with van der Waals surface area (Å²) in [5.74, 6) is 0.844. The smallest absolute Gasteiger partial charge is 0.241 e. The largest absolute Gasteiger partial charge is 0.473 e. The lowest BCUT2D eigenvalue weighted by Gasteiger charge is -2.20. The van der Waals surface area contributed by atoms with Crippen LogP contribution in [-0.2, 0) is 4.79 Å². The second-order valence-electron chi connectivity index (χ2n) is 7.40. The zero-order valence-corrected chi connectivity index (χ0v) is 16.1. The number of aromatic nitrogens is 4. The van der Waals surface area contributed by atoms with Gasteiger partial charge >= 0.3 is 0 Å². The maximum atomic E-state index is 11.6. The van der Waals surface area contributed by atoms with Crippen molar-refractivity contribution in [1.29, 1.82) is 0 Å². The van der Waals surface area contributed by atoms with Crippen LogP contribution in [0.4, 0.5) is 0 Å². The lowest BCUT2D eigenvalue weighted by Crippen LogP contribution is -2.26. The number of carbonyl (C=O) groups is 1. The molecule has 1 aliphatic heterocycles. The number of thiazole rings is 1. The van der Waals surface area contributed by atoms with Gasteiger partial charge in [0.15, 0.2) is 0 Å². The van der Waals surface area contributed by atoms with Crippen molar-refractivity contribution in [2.45, 2.75) is 45.3 Å². The van der Waals surface area contributed by atoms with Crippen LogP contribution in [0.15, 0.2) is 18.6 Å². The standard InChI is InChI=1S/C19H21N5O2S/c1-10(12-5-17(25)21-7-12)26-19-18-15(22-9-24(18)13-3-4-13)6-14(23-19)16-8-20-11(2)27-16/h6,8-10,12-13H,3-5,7H2,1-2H3,(H,21,25)/t10-,12?/m1/s1. The molecule has 1 N–H and O–H groups in total. The Labute approximate surface area is 160 Å². The molecule has 1 aliphatic carbocycles. The Bertz CT molecular complexity index is 1020. The molecule has 0 aromatic carbocycles. The minimum atomic E-state index is -0.111. The Morgan fingerprint density at radius 1 is 1.37 bits per heavy atom. The van der Waals surface area contributed by atoms with Gasteiger partial charge in [0.05, 0.1) is 27.4 Å². The Balaban J connectivity index is 1.56. The lowest BCUT2D eigenvalue weighted by molar-refractivity contribution is -0.119. The Kier molecular flexibility index (Phi) is 3.89. The fourth-order valence-electron chi connectivity index (χ4n) is 3.57. The highest BCUT2D eigenvalue weighted by Crippen LogP contribution is 2.40. The van der Waals surface area contributed by atoms with E-state index in [-0.39, 0.29) is 17.9 Å². The molecule has 2 aliphatic rings. The molecule has 7 nitrogen and oxygen atoms in total. The number of nitrogens with zero attached hydrogens (tertiary/aromatic N) is 4. The van der Waals surface area contributed by atoms with Gasteiger partial charge in [0.1, 0.15) is 11.6 Å². The van der Waals surface area contributed by atoms with Crippen molar-refractivity contribution >= 4 is 28.3 Å². The van der Waals surface area contributed by atoms with E-state index in [4.69, 9.17) is 9.72 Å². The number of hydrogen-bond acceptors (Lipinski definition) is 6. The molecule has 1 saturated carbocycles. The van der Waals surface area contributed by atoms with Crippen LogP contribution in [0.2, 0.25) is 0 Å². The van der Waals surface area contributed by atoms with Gasteiger partial charge in [-0.3, -0.25) is 4.79 Å². The van der Waals surface area contributed by atoms with Crippen LogP contribution in [-0.4, -0.2) is 38.1 Å². The minimum Gasteiger partial charge on any atom is -0.473 e. The summed E-state index contributed by atoms with van der Waals surface area (Å²) in [7, 11) is 0. The quantitative estimate of drug-likeness (QED) is 0.732. The van der Waals surface area contributed by atoms with Gasteiger partial charge in [-0.1, -0.05) is 0 Å². The summed E-state index contributed by atoms with van der Waals surface area (Å²) in [6.07, 6.45) is 6.46. The average molecular weight is 383 g/mol. The van der Waals surface area contributed by atoms with E-state index >= 15 is 0 Å². The molecule has 0 bridgehead atoms. The zero-order chi connectivity index (χ0) is 18.5. The zero-order valence-electron chi connectivity index (χ0n) is 15.3. The number of pyridine rings is 1. The first-order chi connectivity index (χ1) is 13.1. The summed E-state index contributed by atoms with van der Waals surface area (Å²) >= 11 is 1.61. The molecule has 3 aromatic heterocycles. The summed E-state index contributed by atoms with van der Waals surface area (Å²) in [5, 5.41) is 3.89. The maximum Gasteiger partial charge on any atom is 0.241 e. The number of imidazole rings is 1. The molecule has 3 aromatic rings. The SMILES string of the molecule is Cc1ncc(-c2cc3ncn(C4CC4)c3c(O[C@H](C)C3CNC(=O)C3)n2)s1. The molecule has 4 heterocycles. The highest BCUT2D eigenvalue weighted by molar-refractivity contribution is 7.15. The molecule has 27 heavy (non-hydrogen) atoms. The molecule has 1 amide bonds. The van der Waals surface area contributed by atoms with Crippen molar-refractivity contribution in [3.05, 3.63) is 23.6 Å². The maximum absolute atomic E-state index is 11.6.